The van der Waals surface area contributed by atoms with E-state index in [0.29, 0.717) is 0 Å². The van der Waals surface area contributed by atoms with Crippen LogP contribution in [-0.4, -0.2) is 36.6 Å². The zero-order chi connectivity index (χ0) is 8.20. The van der Waals surface area contributed by atoms with Crippen LogP contribution in [0.2, 0.25) is 0 Å². The van der Waals surface area contributed by atoms with Gasteiger partial charge in [-0.2, -0.15) is 0 Å². The van der Waals surface area contributed by atoms with E-state index in [1.807, 2.05) is 0 Å². The summed E-state index contributed by atoms with van der Waals surface area (Å²) < 4.78 is 31.0. The van der Waals surface area contributed by atoms with Crippen molar-refractivity contribution in [3.05, 3.63) is 0 Å². The van der Waals surface area contributed by atoms with Crippen LogP contribution in [0.4, 0.5) is 0 Å². The standard InChI is InChI=1S/C3H8ClNO4S/c4-1-3(6)2-5-10(7,8)9/h3,5-6H,1-2H2,(H,7,8,9)/p-1. The highest BCUT2D eigenvalue weighted by atomic mass is 35.5. The second-order valence-corrected chi connectivity index (χ2v) is 3.12. The topological polar surface area (TPSA) is 89.5 Å². The van der Waals surface area contributed by atoms with Gasteiger partial charge in [0.15, 0.2) is 10.3 Å². The van der Waals surface area contributed by atoms with Gasteiger partial charge in [0.1, 0.15) is 0 Å². The number of hydrogen-bond donors (Lipinski definition) is 2. The van der Waals surface area contributed by atoms with Crippen molar-refractivity contribution in [2.75, 3.05) is 12.4 Å². The smallest absolute Gasteiger partial charge is 0.159 e. The molecule has 0 aliphatic heterocycles. The van der Waals surface area contributed by atoms with Gasteiger partial charge in [-0.1, -0.05) is 0 Å². The van der Waals surface area contributed by atoms with E-state index in [-0.39, 0.29) is 12.4 Å². The number of hydrogen-bond acceptors (Lipinski definition) is 4. The molecule has 0 amide bonds. The number of nitrogens with one attached hydrogen (secondary N) is 1. The van der Waals surface area contributed by atoms with Gasteiger partial charge in [-0.15, -0.1) is 11.6 Å². The van der Waals surface area contributed by atoms with Crippen LogP contribution in [-0.2, 0) is 10.3 Å². The van der Waals surface area contributed by atoms with E-state index in [1.165, 1.54) is 0 Å². The molecule has 7 heteroatoms. The third kappa shape index (κ3) is 6.24. The van der Waals surface area contributed by atoms with Crippen molar-refractivity contribution in [3.8, 4) is 0 Å². The molecule has 2 N–H and O–H groups in total. The van der Waals surface area contributed by atoms with Crippen LogP contribution in [0, 0.1) is 0 Å². The number of aliphatic hydroxyl groups is 1. The maximum atomic E-state index is 9.83. The first-order chi connectivity index (χ1) is 4.45. The highest BCUT2D eigenvalue weighted by Crippen LogP contribution is 1.85. The second-order valence-electron chi connectivity index (χ2n) is 1.61. The van der Waals surface area contributed by atoms with Crippen LogP contribution in [0.3, 0.4) is 0 Å². The quantitative estimate of drug-likeness (QED) is 0.421. The number of halogens is 1. The second kappa shape index (κ2) is 4.09. The average Bonchev–Trinajstić information content (AvgIpc) is 1.81. The van der Waals surface area contributed by atoms with Crippen molar-refractivity contribution in [1.29, 1.82) is 0 Å². The minimum atomic E-state index is -4.45. The molecule has 0 aliphatic rings. The minimum absolute atomic E-state index is 0.109. The Morgan fingerprint density at radius 1 is 1.70 bits per heavy atom. The van der Waals surface area contributed by atoms with Gasteiger partial charge in [0.25, 0.3) is 0 Å². The first kappa shape index (κ1) is 10.1. The lowest BCUT2D eigenvalue weighted by atomic mass is 10.4. The normalized spacial score (nSPS) is 15.1. The molecule has 0 spiro atoms. The van der Waals surface area contributed by atoms with Gasteiger partial charge >= 0.3 is 0 Å². The van der Waals surface area contributed by atoms with Gasteiger partial charge in [-0.3, -0.25) is 0 Å². The molecule has 0 radical (unpaired) electrons. The number of alkyl halides is 1. The highest BCUT2D eigenvalue weighted by molar-refractivity contribution is 7.83. The molecular weight excluding hydrogens is 182 g/mol. The zero-order valence-corrected chi connectivity index (χ0v) is 6.52. The average molecular weight is 189 g/mol. The fourth-order valence-corrected chi connectivity index (χ4v) is 0.758. The molecule has 0 aromatic heterocycles. The summed E-state index contributed by atoms with van der Waals surface area (Å²) in [5, 5.41) is 8.62. The van der Waals surface area contributed by atoms with Crippen molar-refractivity contribution < 1.29 is 18.1 Å². The van der Waals surface area contributed by atoms with Crippen molar-refractivity contribution >= 4 is 21.9 Å². The van der Waals surface area contributed by atoms with Crippen LogP contribution in [0.25, 0.3) is 0 Å². The SMILES string of the molecule is O=S(=O)([O-])NCC(O)CCl. The van der Waals surface area contributed by atoms with Gasteiger partial charge < -0.3 is 9.66 Å². The Hall–Kier alpha value is 0.120. The van der Waals surface area contributed by atoms with E-state index in [1.54, 1.807) is 4.72 Å². The number of aliphatic hydroxyl groups excluding tert-OH is 1. The van der Waals surface area contributed by atoms with E-state index in [2.05, 4.69) is 0 Å². The fourth-order valence-electron chi connectivity index (χ4n) is 0.253. The summed E-state index contributed by atoms with van der Waals surface area (Å²) >= 11 is 5.09. The van der Waals surface area contributed by atoms with Crippen molar-refractivity contribution in [3.63, 3.8) is 0 Å². The molecule has 0 aromatic rings. The van der Waals surface area contributed by atoms with Crippen LogP contribution in [0.5, 0.6) is 0 Å². The maximum Gasteiger partial charge on any atom is 0.159 e. The van der Waals surface area contributed by atoms with Crippen LogP contribution in [0.1, 0.15) is 0 Å². The van der Waals surface area contributed by atoms with Gasteiger partial charge in [-0.05, 0) is 0 Å². The summed E-state index contributed by atoms with van der Waals surface area (Å²) in [5.74, 6) is -0.109. The Kier molecular flexibility index (Phi) is 4.14. The van der Waals surface area contributed by atoms with E-state index in [9.17, 15) is 13.0 Å². The maximum absolute atomic E-state index is 9.83. The van der Waals surface area contributed by atoms with Gasteiger partial charge in [0.2, 0.25) is 0 Å². The first-order valence-electron chi connectivity index (χ1n) is 2.40. The fraction of sp³-hybridized carbons (Fsp3) is 1.00. The third-order valence-corrected chi connectivity index (χ3v) is 1.55. The van der Waals surface area contributed by atoms with Crippen LogP contribution in [0.15, 0.2) is 0 Å². The molecule has 62 valence electrons. The lowest BCUT2D eigenvalue weighted by Crippen LogP contribution is -2.32. The molecule has 5 nitrogen and oxygen atoms in total. The molecule has 1 atom stereocenters. The van der Waals surface area contributed by atoms with Gasteiger partial charge in [0, 0.05) is 12.4 Å². The summed E-state index contributed by atoms with van der Waals surface area (Å²) in [6.45, 7) is -0.338. The summed E-state index contributed by atoms with van der Waals surface area (Å²) in [7, 11) is -4.45. The Labute approximate surface area is 63.9 Å². The summed E-state index contributed by atoms with van der Waals surface area (Å²) in [6, 6.07) is 0. The molecule has 0 aromatic carbocycles. The van der Waals surface area contributed by atoms with Gasteiger partial charge in [0.05, 0.1) is 6.10 Å². The Bertz CT molecular complexity index is 179. The van der Waals surface area contributed by atoms with Gasteiger partial charge in [-0.25, -0.2) is 13.1 Å². The highest BCUT2D eigenvalue weighted by Gasteiger charge is 2.02. The van der Waals surface area contributed by atoms with Crippen molar-refractivity contribution in [2.45, 2.75) is 6.10 Å². The molecule has 0 saturated heterocycles. The molecule has 1 unspecified atom stereocenters. The summed E-state index contributed by atoms with van der Waals surface area (Å²) in [6.07, 6.45) is -1.01. The Balaban J connectivity index is 3.56. The van der Waals surface area contributed by atoms with E-state index in [4.69, 9.17) is 16.7 Å². The third-order valence-electron chi connectivity index (χ3n) is 0.674. The molecule has 0 heterocycles. The minimum Gasteiger partial charge on any atom is -0.735 e. The summed E-state index contributed by atoms with van der Waals surface area (Å²) in [4.78, 5) is 0. The molecule has 0 aliphatic carbocycles. The molecule has 0 fully saturated rings. The van der Waals surface area contributed by atoms with Crippen molar-refractivity contribution in [2.24, 2.45) is 0 Å². The van der Waals surface area contributed by atoms with Crippen LogP contribution >= 0.6 is 11.6 Å². The van der Waals surface area contributed by atoms with E-state index < -0.39 is 16.4 Å². The molecular formula is C3H7ClNO4S-. The predicted molar refractivity (Wildman–Crippen MR) is 34.4 cm³/mol. The largest absolute Gasteiger partial charge is 0.735 e. The Morgan fingerprint density at radius 2 is 2.20 bits per heavy atom. The zero-order valence-electron chi connectivity index (χ0n) is 4.95. The van der Waals surface area contributed by atoms with Crippen molar-refractivity contribution in [1.82, 2.24) is 4.72 Å². The monoisotopic (exact) mass is 188 g/mol. The predicted octanol–water partition coefficient (Wildman–Crippen LogP) is -1.36. The van der Waals surface area contributed by atoms with E-state index in [0.717, 1.165) is 0 Å². The molecule has 0 rings (SSSR count). The lowest BCUT2D eigenvalue weighted by molar-refractivity contribution is 0.200. The lowest BCUT2D eigenvalue weighted by Gasteiger charge is -2.10. The first-order valence-corrected chi connectivity index (χ1v) is 4.34. The molecule has 0 saturated carbocycles. The number of rotatable bonds is 4. The van der Waals surface area contributed by atoms with E-state index >= 15 is 0 Å². The summed E-state index contributed by atoms with van der Waals surface area (Å²) in [5.41, 5.74) is 0. The van der Waals surface area contributed by atoms with Crippen LogP contribution < -0.4 is 4.72 Å². The molecule has 10 heavy (non-hydrogen) atoms. The molecule has 0 bridgehead atoms. The Morgan fingerprint density at radius 3 is 2.50 bits per heavy atom.